The molecule has 2 aliphatic rings. The maximum Gasteiger partial charge on any atom is 0.230 e. The highest BCUT2D eigenvalue weighted by atomic mass is 32.1. The Balaban J connectivity index is 2.47. The SMILES string of the molecule is N#CN=c1c2sc3ccccc3oc=2c(=O)c2ccccc12. The molecule has 5 heteroatoms. The third-order valence-corrected chi connectivity index (χ3v) is 4.63. The van der Waals surface area contributed by atoms with Crippen LogP contribution in [0.5, 0.6) is 0 Å². The number of fused-ring (bicyclic) bond motifs is 2. The first-order valence-corrected chi connectivity index (χ1v) is 7.41. The minimum absolute atomic E-state index is 0.176. The number of hydrogen-bond donors (Lipinski definition) is 0. The monoisotopic (exact) mass is 304 g/mol. The quantitative estimate of drug-likeness (QED) is 0.469. The Labute approximate surface area is 127 Å². The lowest BCUT2D eigenvalue weighted by Crippen LogP contribution is -2.15. The van der Waals surface area contributed by atoms with Gasteiger partial charge in [-0.1, -0.05) is 36.4 Å². The molecule has 0 unspecified atom stereocenters. The molecule has 1 aliphatic heterocycles. The van der Waals surface area contributed by atoms with E-state index in [0.717, 1.165) is 4.70 Å². The van der Waals surface area contributed by atoms with E-state index in [-0.39, 0.29) is 10.8 Å². The van der Waals surface area contributed by atoms with Gasteiger partial charge in [0.1, 0.15) is 15.5 Å². The predicted molar refractivity (Wildman–Crippen MR) is 84.3 cm³/mol. The van der Waals surface area contributed by atoms with Gasteiger partial charge in [0.2, 0.25) is 11.6 Å². The van der Waals surface area contributed by atoms with Gasteiger partial charge in [-0.3, -0.25) is 4.79 Å². The number of nitriles is 1. The predicted octanol–water partition coefficient (Wildman–Crippen LogP) is 3.11. The van der Waals surface area contributed by atoms with Crippen LogP contribution in [0.3, 0.4) is 0 Å². The number of para-hydroxylation sites is 1. The van der Waals surface area contributed by atoms with Crippen molar-refractivity contribution in [3.63, 3.8) is 0 Å². The summed E-state index contributed by atoms with van der Waals surface area (Å²) in [7, 11) is 0. The van der Waals surface area contributed by atoms with Gasteiger partial charge in [-0.15, -0.1) is 11.3 Å². The Bertz CT molecular complexity index is 1260. The summed E-state index contributed by atoms with van der Waals surface area (Å²) in [5.41, 5.74) is 0.719. The van der Waals surface area contributed by atoms with Crippen molar-refractivity contribution in [3.8, 4) is 6.19 Å². The van der Waals surface area contributed by atoms with Crippen molar-refractivity contribution in [2.75, 3.05) is 0 Å². The summed E-state index contributed by atoms with van der Waals surface area (Å²) in [6.07, 6.45) is 1.82. The molecule has 22 heavy (non-hydrogen) atoms. The van der Waals surface area contributed by atoms with E-state index < -0.39 is 0 Å². The van der Waals surface area contributed by atoms with E-state index in [1.165, 1.54) is 11.3 Å². The van der Waals surface area contributed by atoms with E-state index in [2.05, 4.69) is 4.99 Å². The van der Waals surface area contributed by atoms with Crippen molar-refractivity contribution in [1.29, 1.82) is 5.26 Å². The minimum Gasteiger partial charge on any atom is -0.450 e. The van der Waals surface area contributed by atoms with Crippen LogP contribution < -0.4 is 10.8 Å². The first kappa shape index (κ1) is 12.7. The van der Waals surface area contributed by atoms with Gasteiger partial charge in [-0.05, 0) is 12.1 Å². The second-order valence-corrected chi connectivity index (χ2v) is 5.80. The van der Waals surface area contributed by atoms with Crippen LogP contribution in [0.25, 0.3) is 21.1 Å². The first-order chi connectivity index (χ1) is 10.8. The minimum atomic E-state index is -0.176. The van der Waals surface area contributed by atoms with Crippen LogP contribution >= 0.6 is 11.3 Å². The van der Waals surface area contributed by atoms with Gasteiger partial charge in [0.15, 0.2) is 5.42 Å². The molecule has 2 aromatic rings. The van der Waals surface area contributed by atoms with Gasteiger partial charge in [0.05, 0.1) is 4.70 Å². The van der Waals surface area contributed by atoms with Crippen molar-refractivity contribution >= 4 is 32.4 Å². The molecular formula is C17H8N2O2S. The summed E-state index contributed by atoms with van der Waals surface area (Å²) in [4.78, 5) is 16.6. The molecule has 1 heterocycles. The molecule has 4 nitrogen and oxygen atoms in total. The van der Waals surface area contributed by atoms with Crippen LogP contribution in [0.15, 0.2) is 62.7 Å². The van der Waals surface area contributed by atoms with Crippen molar-refractivity contribution in [2.45, 2.75) is 0 Å². The van der Waals surface area contributed by atoms with Crippen molar-refractivity contribution in [2.24, 2.45) is 4.99 Å². The Morgan fingerprint density at radius 3 is 2.59 bits per heavy atom. The molecule has 0 amide bonds. The maximum atomic E-state index is 12.7. The fraction of sp³-hybridized carbons (Fsp3) is 0. The molecule has 0 bridgehead atoms. The molecule has 0 fully saturated rings. The average Bonchev–Trinajstić information content (AvgIpc) is 2.57. The fourth-order valence-corrected chi connectivity index (χ4v) is 3.59. The second-order valence-electron chi connectivity index (χ2n) is 4.74. The van der Waals surface area contributed by atoms with Gasteiger partial charge < -0.3 is 4.42 Å². The molecule has 0 radical (unpaired) electrons. The summed E-state index contributed by atoms with van der Waals surface area (Å²) in [6.45, 7) is 0. The summed E-state index contributed by atoms with van der Waals surface area (Å²) in [5, 5.41) is 10.7. The normalized spacial score (nSPS) is 12.0. The molecule has 0 spiro atoms. The average molecular weight is 304 g/mol. The molecular weight excluding hydrogens is 296 g/mol. The van der Waals surface area contributed by atoms with E-state index in [1.807, 2.05) is 36.5 Å². The van der Waals surface area contributed by atoms with Crippen LogP contribution in [0, 0.1) is 21.4 Å². The lowest BCUT2D eigenvalue weighted by atomic mass is 10.1. The Morgan fingerprint density at radius 2 is 1.77 bits per heavy atom. The third kappa shape index (κ3) is 1.75. The van der Waals surface area contributed by atoms with E-state index in [0.29, 0.717) is 26.2 Å². The zero-order valence-corrected chi connectivity index (χ0v) is 12.1. The van der Waals surface area contributed by atoms with E-state index in [9.17, 15) is 4.79 Å². The van der Waals surface area contributed by atoms with Crippen molar-refractivity contribution in [3.05, 3.63) is 74.1 Å². The highest BCUT2D eigenvalue weighted by Gasteiger charge is 2.10. The van der Waals surface area contributed by atoms with E-state index in [4.69, 9.17) is 9.68 Å². The van der Waals surface area contributed by atoms with Gasteiger partial charge in [-0.2, -0.15) is 10.3 Å². The summed E-state index contributed by atoms with van der Waals surface area (Å²) in [6, 6.07) is 14.6. The van der Waals surface area contributed by atoms with Gasteiger partial charge in [0.25, 0.3) is 0 Å². The molecule has 0 aromatic heterocycles. The first-order valence-electron chi connectivity index (χ1n) is 6.60. The summed E-state index contributed by atoms with van der Waals surface area (Å²) in [5.74, 6) is 0. The summed E-state index contributed by atoms with van der Waals surface area (Å²) < 4.78 is 7.30. The smallest absolute Gasteiger partial charge is 0.230 e. The van der Waals surface area contributed by atoms with Crippen molar-refractivity contribution in [1.82, 2.24) is 0 Å². The lowest BCUT2D eigenvalue weighted by Gasteiger charge is -2.01. The Morgan fingerprint density at radius 1 is 1.05 bits per heavy atom. The van der Waals surface area contributed by atoms with Gasteiger partial charge in [-0.25, -0.2) is 0 Å². The summed E-state index contributed by atoms with van der Waals surface area (Å²) >= 11 is 1.41. The van der Waals surface area contributed by atoms with Gasteiger partial charge >= 0.3 is 0 Å². The highest BCUT2D eigenvalue weighted by Crippen LogP contribution is 2.20. The number of benzene rings is 2. The highest BCUT2D eigenvalue weighted by molar-refractivity contribution is 7.16. The third-order valence-electron chi connectivity index (χ3n) is 3.49. The van der Waals surface area contributed by atoms with Crippen LogP contribution in [0.4, 0.5) is 0 Å². The molecule has 0 saturated carbocycles. The van der Waals surface area contributed by atoms with Crippen LogP contribution in [0.1, 0.15) is 0 Å². The van der Waals surface area contributed by atoms with Crippen LogP contribution in [-0.2, 0) is 0 Å². The van der Waals surface area contributed by atoms with E-state index >= 15 is 0 Å². The zero-order valence-electron chi connectivity index (χ0n) is 11.2. The van der Waals surface area contributed by atoms with Crippen LogP contribution in [-0.4, -0.2) is 0 Å². The van der Waals surface area contributed by atoms with Crippen LogP contribution in [0.2, 0.25) is 0 Å². The Kier molecular flexibility index (Phi) is 2.78. The second kappa shape index (κ2) is 4.79. The molecule has 0 N–H and O–H groups in total. The topological polar surface area (TPSA) is 66.4 Å². The van der Waals surface area contributed by atoms with E-state index in [1.54, 1.807) is 18.2 Å². The molecule has 0 atom stereocenters. The van der Waals surface area contributed by atoms with Crippen molar-refractivity contribution < 1.29 is 4.42 Å². The largest absolute Gasteiger partial charge is 0.450 e. The molecule has 1 aliphatic carbocycles. The standard InChI is InChI=1S/C17H8N2O2S/c18-9-19-14-10-5-1-2-6-11(10)15(20)16-17(14)22-13-8-4-3-7-12(13)21-16/h1-8H. The number of hydrogen-bond acceptors (Lipinski definition) is 5. The molecule has 2 aromatic carbocycles. The molecule has 4 rings (SSSR count). The fourth-order valence-electron chi connectivity index (χ4n) is 2.53. The maximum absolute atomic E-state index is 12.7. The van der Waals surface area contributed by atoms with Gasteiger partial charge in [0, 0.05) is 10.8 Å². The number of rotatable bonds is 0. The molecule has 104 valence electrons. The zero-order chi connectivity index (χ0) is 15.1. The molecule has 0 saturated heterocycles. The Hall–Kier alpha value is -2.97. The lowest BCUT2D eigenvalue weighted by molar-refractivity contribution is 0.567. The number of nitrogens with zero attached hydrogens (tertiary/aromatic N) is 2.